The highest BCUT2D eigenvalue weighted by Crippen LogP contribution is 2.66. The van der Waals surface area contributed by atoms with Crippen molar-refractivity contribution in [3.05, 3.63) is 45.8 Å². The van der Waals surface area contributed by atoms with Crippen LogP contribution in [0.3, 0.4) is 0 Å². The molecule has 1 saturated heterocycles. The smallest absolute Gasteiger partial charge is 0.383 e. The van der Waals surface area contributed by atoms with Crippen LogP contribution in [0, 0.1) is 0 Å². The summed E-state index contributed by atoms with van der Waals surface area (Å²) in [5, 5.41) is 10.1. The fourth-order valence-corrected chi connectivity index (χ4v) is 5.52. The molecule has 2 unspecified atom stereocenters. The van der Waals surface area contributed by atoms with E-state index in [2.05, 4.69) is 24.5 Å². The first-order valence-electron chi connectivity index (χ1n) is 7.81. The monoisotopic (exact) mass is 530 g/mol. The largest absolute Gasteiger partial charge is 0.490 e. The molecule has 2 heterocycles. The Balaban J connectivity index is 2.28. The van der Waals surface area contributed by atoms with Crippen LogP contribution in [0.25, 0.3) is 0 Å². The highest BCUT2D eigenvalue weighted by Gasteiger charge is 2.66. The molecule has 0 bridgehead atoms. The number of hydrogen-bond donors (Lipinski definition) is 6. The molecule has 6 atom stereocenters. The molecule has 0 saturated carbocycles. The number of alkyl halides is 2. The lowest BCUT2D eigenvalue weighted by atomic mass is 9.95. The van der Waals surface area contributed by atoms with Gasteiger partial charge in [-0.2, -0.15) is 8.62 Å². The third-order valence-electron chi connectivity index (χ3n) is 3.77. The second-order valence-electron chi connectivity index (χ2n) is 6.07. The van der Waals surface area contributed by atoms with Gasteiger partial charge in [-0.1, -0.05) is 6.58 Å². The second-order valence-corrected chi connectivity index (χ2v) is 10.5. The highest BCUT2D eigenvalue weighted by atomic mass is 31.3. The Bertz CT molecular complexity index is 1150. The summed E-state index contributed by atoms with van der Waals surface area (Å²) in [4.78, 5) is 60.1. The fraction of sp³-hybridized carbons (Fsp3) is 0.455. The number of rotatable bonds is 9. The summed E-state index contributed by atoms with van der Waals surface area (Å²) in [5.74, 6) is -3.73. The van der Waals surface area contributed by atoms with Gasteiger partial charge in [-0.25, -0.2) is 27.3 Å². The van der Waals surface area contributed by atoms with Gasteiger partial charge in [0, 0.05) is 12.3 Å². The molecular weight excluding hydrogens is 515 g/mol. The summed E-state index contributed by atoms with van der Waals surface area (Å²) < 4.78 is 79.8. The number of phosphoric acid groups is 3. The zero-order chi connectivity index (χ0) is 24.8. The van der Waals surface area contributed by atoms with E-state index in [1.807, 2.05) is 0 Å². The molecule has 21 heteroatoms. The van der Waals surface area contributed by atoms with Gasteiger partial charge in [0.2, 0.25) is 5.67 Å². The van der Waals surface area contributed by atoms with Gasteiger partial charge in [0.1, 0.15) is 6.61 Å². The van der Waals surface area contributed by atoms with Gasteiger partial charge in [0.05, 0.1) is 0 Å². The summed E-state index contributed by atoms with van der Waals surface area (Å²) in [6, 6.07) is 0.727. The van der Waals surface area contributed by atoms with Crippen LogP contribution in [0.1, 0.15) is 6.23 Å². The minimum absolute atomic E-state index is 0.318. The molecule has 16 nitrogen and oxygen atoms in total. The molecule has 0 spiro atoms. The molecule has 0 aliphatic carbocycles. The van der Waals surface area contributed by atoms with E-state index in [9.17, 15) is 33.3 Å². The molecule has 0 radical (unpaired) electrons. The van der Waals surface area contributed by atoms with Crippen LogP contribution >= 0.6 is 23.5 Å². The van der Waals surface area contributed by atoms with Gasteiger partial charge in [0.15, 0.2) is 12.3 Å². The number of aromatic nitrogens is 2. The van der Waals surface area contributed by atoms with E-state index in [1.54, 1.807) is 4.98 Å². The van der Waals surface area contributed by atoms with Crippen LogP contribution in [0.4, 0.5) is 8.78 Å². The quantitative estimate of drug-likeness (QED) is 0.171. The number of H-pyrrole nitrogens is 1. The average molecular weight is 530 g/mol. The number of halogens is 2. The summed E-state index contributed by atoms with van der Waals surface area (Å²) in [6.07, 6.45) is -4.19. The van der Waals surface area contributed by atoms with Crippen LogP contribution in [0.2, 0.25) is 0 Å². The number of aliphatic hydroxyl groups excluding tert-OH is 1. The molecule has 0 aromatic carbocycles. The van der Waals surface area contributed by atoms with Crippen molar-refractivity contribution in [3.63, 3.8) is 0 Å². The number of hydrogen-bond acceptors (Lipinski definition) is 10. The topological polar surface area (TPSA) is 244 Å². The third kappa shape index (κ3) is 5.94. The number of ether oxygens (including phenoxy) is 1. The normalized spacial score (nSPS) is 32.2. The van der Waals surface area contributed by atoms with Crippen molar-refractivity contribution in [2.24, 2.45) is 0 Å². The lowest BCUT2D eigenvalue weighted by Crippen LogP contribution is -2.48. The van der Waals surface area contributed by atoms with Gasteiger partial charge in [-0.3, -0.25) is 18.9 Å². The minimum Gasteiger partial charge on any atom is -0.383 e. The predicted octanol–water partition coefficient (Wildman–Crippen LogP) is -0.670. The van der Waals surface area contributed by atoms with Crippen molar-refractivity contribution in [2.45, 2.75) is 23.9 Å². The predicted molar refractivity (Wildman–Crippen MR) is 95.1 cm³/mol. The third-order valence-corrected chi connectivity index (χ3v) is 7.55. The molecule has 2 rings (SSSR count). The Morgan fingerprint density at radius 3 is 2.28 bits per heavy atom. The first kappa shape index (κ1) is 26.9. The minimum atomic E-state index is -5.93. The van der Waals surface area contributed by atoms with Crippen molar-refractivity contribution in [1.29, 1.82) is 0 Å². The number of aliphatic hydroxyl groups is 1. The zero-order valence-corrected chi connectivity index (χ0v) is 17.9. The molecule has 1 aromatic heterocycles. The van der Waals surface area contributed by atoms with Crippen LogP contribution in [-0.4, -0.2) is 58.5 Å². The fourth-order valence-electron chi connectivity index (χ4n) is 2.49. The van der Waals surface area contributed by atoms with Gasteiger partial charge in [-0.15, -0.1) is 0 Å². The lowest BCUT2D eigenvalue weighted by Gasteiger charge is -2.26. The molecule has 1 aliphatic rings. The van der Waals surface area contributed by atoms with Crippen molar-refractivity contribution in [1.82, 2.24) is 9.55 Å². The summed E-state index contributed by atoms with van der Waals surface area (Å²) >= 11 is 0. The second kappa shape index (κ2) is 8.76. The number of nitrogens with zero attached hydrogens (tertiary/aromatic N) is 1. The van der Waals surface area contributed by atoms with Crippen LogP contribution in [0.15, 0.2) is 34.5 Å². The maximum absolute atomic E-state index is 15.2. The van der Waals surface area contributed by atoms with Gasteiger partial charge in [0.25, 0.3) is 11.4 Å². The standard InChI is InChI=1S/C11H15F2N2O14P3/c1-2-10(12)7(17)11(13,27-8(10)15-4-3-6(16)14-9(15)18)5-26-31(22,23)29-32(24,25)28-30(19,20)21/h2-4,7-8,17H,1,5H2,(H,22,23)(H,24,25)(H,14,16,18)(H2,19,20,21)/t7-,8+,10+,11+/m0/s1. The molecule has 1 aliphatic heterocycles. The maximum atomic E-state index is 15.2. The van der Waals surface area contributed by atoms with E-state index in [1.165, 1.54) is 0 Å². The highest BCUT2D eigenvalue weighted by molar-refractivity contribution is 7.66. The molecular formula is C11H15F2N2O14P3. The summed E-state index contributed by atoms with van der Waals surface area (Å²) in [7, 11) is -17.5. The Morgan fingerprint density at radius 1 is 1.19 bits per heavy atom. The number of nitrogens with one attached hydrogen (secondary N) is 1. The molecule has 6 N–H and O–H groups in total. The van der Waals surface area contributed by atoms with Crippen molar-refractivity contribution in [2.75, 3.05) is 6.61 Å². The average Bonchev–Trinajstić information content (AvgIpc) is 2.80. The Morgan fingerprint density at radius 2 is 1.78 bits per heavy atom. The SMILES string of the molecule is C=C[C@]1(F)[C@H](n2ccc(=O)[nH]c2=O)O[C@](F)(COP(=O)(O)OP(=O)(O)OP(=O)(O)O)[C@H]1O. The van der Waals surface area contributed by atoms with Crippen molar-refractivity contribution in [3.8, 4) is 0 Å². The van der Waals surface area contributed by atoms with Gasteiger partial charge < -0.3 is 29.4 Å². The van der Waals surface area contributed by atoms with Gasteiger partial charge >= 0.3 is 29.2 Å². The molecule has 1 aromatic rings. The summed E-state index contributed by atoms with van der Waals surface area (Å²) in [6.45, 7) is 1.16. The van der Waals surface area contributed by atoms with Crippen molar-refractivity contribution < 1.29 is 65.0 Å². The van der Waals surface area contributed by atoms with Crippen LogP contribution < -0.4 is 11.2 Å². The van der Waals surface area contributed by atoms with Crippen LogP contribution in [0.5, 0.6) is 0 Å². The molecule has 182 valence electrons. The first-order chi connectivity index (χ1) is 14.3. The Hall–Kier alpha value is -1.39. The lowest BCUT2D eigenvalue weighted by molar-refractivity contribution is -0.204. The van der Waals surface area contributed by atoms with E-state index < -0.39 is 65.2 Å². The van der Waals surface area contributed by atoms with E-state index in [0.29, 0.717) is 16.8 Å². The first-order valence-corrected chi connectivity index (χ1v) is 12.3. The van der Waals surface area contributed by atoms with E-state index in [0.717, 1.165) is 6.07 Å². The molecule has 32 heavy (non-hydrogen) atoms. The van der Waals surface area contributed by atoms with Crippen LogP contribution in [-0.2, 0) is 31.6 Å². The molecule has 1 fully saturated rings. The van der Waals surface area contributed by atoms with E-state index >= 15 is 8.78 Å². The summed E-state index contributed by atoms with van der Waals surface area (Å²) in [5.41, 5.74) is -5.49. The maximum Gasteiger partial charge on any atom is 0.490 e. The van der Waals surface area contributed by atoms with E-state index in [-0.39, 0.29) is 0 Å². The van der Waals surface area contributed by atoms with Gasteiger partial charge in [-0.05, 0) is 6.08 Å². The number of phosphoric ester groups is 1. The molecule has 0 amide bonds. The Kier molecular flexibility index (Phi) is 7.35. The number of aromatic amines is 1. The van der Waals surface area contributed by atoms with E-state index in [4.69, 9.17) is 14.7 Å². The van der Waals surface area contributed by atoms with Crippen molar-refractivity contribution >= 4 is 23.5 Å². The Labute approximate surface area is 175 Å². The zero-order valence-electron chi connectivity index (χ0n) is 15.3.